The molecule has 0 atom stereocenters. The van der Waals surface area contributed by atoms with Crippen LogP contribution in [0.1, 0.15) is 70.5 Å². The maximum atomic E-state index is 12.7. The summed E-state index contributed by atoms with van der Waals surface area (Å²) in [6, 6.07) is 1.67. The number of aromatic nitrogens is 1. The number of likely N-dealkylation sites (tertiary alicyclic amines) is 1. The molecular weight excluding hydrogens is 356 g/mol. The number of carbonyl (C=O) groups excluding carboxylic acids is 2. The highest BCUT2D eigenvalue weighted by Gasteiger charge is 2.20. The average Bonchev–Trinajstić information content (AvgIpc) is 3.33. The smallest absolute Gasteiger partial charge is 0.245 e. The first-order valence-corrected chi connectivity index (χ1v) is 10.8. The minimum absolute atomic E-state index is 0.0639. The Morgan fingerprint density at radius 1 is 1.18 bits per heavy atom. The number of hydrogen-bond acceptors (Lipinski definition) is 5. The molecule has 0 saturated carbocycles. The summed E-state index contributed by atoms with van der Waals surface area (Å²) in [4.78, 5) is 29.2. The largest absolute Gasteiger partial charge is 0.360 e. The zero-order valence-corrected chi connectivity index (χ0v) is 17.5. The van der Waals surface area contributed by atoms with Gasteiger partial charge in [-0.1, -0.05) is 44.2 Å². The Labute approximate surface area is 168 Å². The Bertz CT molecular complexity index is 596. The van der Waals surface area contributed by atoms with Crippen molar-refractivity contribution in [1.29, 1.82) is 0 Å². The fourth-order valence-corrected chi connectivity index (χ4v) is 3.56. The molecule has 0 aliphatic carbocycles. The second-order valence-corrected chi connectivity index (χ2v) is 7.75. The molecule has 7 nitrogen and oxygen atoms in total. The summed E-state index contributed by atoms with van der Waals surface area (Å²) in [6.45, 7) is 7.64. The molecule has 1 fully saturated rings. The summed E-state index contributed by atoms with van der Waals surface area (Å²) in [5, 5.41) is 6.50. The summed E-state index contributed by atoms with van der Waals surface area (Å²) in [5.41, 5.74) is 0. The minimum atomic E-state index is -0.231. The van der Waals surface area contributed by atoms with Gasteiger partial charge in [0.15, 0.2) is 5.82 Å². The van der Waals surface area contributed by atoms with E-state index in [9.17, 15) is 9.59 Å². The molecule has 1 aliphatic rings. The van der Waals surface area contributed by atoms with Gasteiger partial charge in [0.1, 0.15) is 5.76 Å². The van der Waals surface area contributed by atoms with Gasteiger partial charge in [0.25, 0.3) is 0 Å². The van der Waals surface area contributed by atoms with Gasteiger partial charge >= 0.3 is 0 Å². The average molecular weight is 393 g/mol. The number of rotatable bonds is 13. The standard InChI is InChI=1S/C21H36N4O3/c1-3-4-5-6-7-8-11-21(27)25(15-14-24-12-9-10-13-24)17-20(26)22-19-16-18(2)28-23-19/h16H,3-15,17H2,1-2H3,(H,22,23,26). The number of unbranched alkanes of at least 4 members (excludes halogenated alkanes) is 5. The Morgan fingerprint density at radius 2 is 1.89 bits per heavy atom. The van der Waals surface area contributed by atoms with Crippen LogP contribution in [0.25, 0.3) is 0 Å². The topological polar surface area (TPSA) is 78.7 Å². The van der Waals surface area contributed by atoms with Crippen LogP contribution in [0.2, 0.25) is 0 Å². The van der Waals surface area contributed by atoms with Crippen LogP contribution in [-0.2, 0) is 9.59 Å². The zero-order chi connectivity index (χ0) is 20.2. The van der Waals surface area contributed by atoms with Gasteiger partial charge < -0.3 is 19.6 Å². The highest BCUT2D eigenvalue weighted by Crippen LogP contribution is 2.11. The Kier molecular flexibility index (Phi) is 10.0. The first kappa shape index (κ1) is 22.4. The van der Waals surface area contributed by atoms with Crippen molar-refractivity contribution in [3.8, 4) is 0 Å². The third kappa shape index (κ3) is 8.42. The summed E-state index contributed by atoms with van der Waals surface area (Å²) in [7, 11) is 0. The number of aryl methyl sites for hydroxylation is 1. The van der Waals surface area contributed by atoms with Crippen LogP contribution in [0.5, 0.6) is 0 Å². The van der Waals surface area contributed by atoms with Crippen molar-refractivity contribution >= 4 is 17.6 Å². The third-order valence-electron chi connectivity index (χ3n) is 5.21. The van der Waals surface area contributed by atoms with E-state index in [1.54, 1.807) is 17.9 Å². The normalized spacial score (nSPS) is 14.4. The first-order chi connectivity index (χ1) is 13.6. The molecule has 1 saturated heterocycles. The van der Waals surface area contributed by atoms with Gasteiger partial charge in [-0.15, -0.1) is 0 Å². The number of nitrogens with one attached hydrogen (secondary N) is 1. The highest BCUT2D eigenvalue weighted by atomic mass is 16.5. The summed E-state index contributed by atoms with van der Waals surface area (Å²) < 4.78 is 4.97. The van der Waals surface area contributed by atoms with Crippen LogP contribution >= 0.6 is 0 Å². The third-order valence-corrected chi connectivity index (χ3v) is 5.21. The quantitative estimate of drug-likeness (QED) is 0.519. The lowest BCUT2D eigenvalue weighted by atomic mass is 10.1. The number of hydrogen-bond donors (Lipinski definition) is 1. The van der Waals surface area contributed by atoms with Crippen LogP contribution in [0.4, 0.5) is 5.82 Å². The second kappa shape index (κ2) is 12.5. The van der Waals surface area contributed by atoms with Crippen molar-refractivity contribution in [1.82, 2.24) is 15.0 Å². The van der Waals surface area contributed by atoms with E-state index in [2.05, 4.69) is 22.3 Å². The van der Waals surface area contributed by atoms with Gasteiger partial charge in [-0.25, -0.2) is 0 Å². The Balaban J connectivity index is 1.80. The zero-order valence-electron chi connectivity index (χ0n) is 17.5. The molecular formula is C21H36N4O3. The van der Waals surface area contributed by atoms with Gasteiger partial charge in [0.05, 0.1) is 6.54 Å². The van der Waals surface area contributed by atoms with Crippen LogP contribution in [0.3, 0.4) is 0 Å². The van der Waals surface area contributed by atoms with Gasteiger partial charge in [-0.05, 0) is 39.3 Å². The number of amides is 2. The Hall–Kier alpha value is -1.89. The van der Waals surface area contributed by atoms with E-state index in [1.165, 1.54) is 38.5 Å². The molecule has 1 N–H and O–H groups in total. The van der Waals surface area contributed by atoms with Crippen LogP contribution < -0.4 is 5.32 Å². The van der Waals surface area contributed by atoms with E-state index >= 15 is 0 Å². The van der Waals surface area contributed by atoms with Crippen molar-refractivity contribution in [3.05, 3.63) is 11.8 Å². The molecule has 0 radical (unpaired) electrons. The van der Waals surface area contributed by atoms with Crippen LogP contribution in [0, 0.1) is 6.92 Å². The van der Waals surface area contributed by atoms with Gasteiger partial charge in [-0.3, -0.25) is 9.59 Å². The molecule has 1 aromatic rings. The molecule has 2 heterocycles. The van der Waals surface area contributed by atoms with Crippen molar-refractivity contribution in [3.63, 3.8) is 0 Å². The van der Waals surface area contributed by atoms with Gasteiger partial charge in [0.2, 0.25) is 11.8 Å². The van der Waals surface area contributed by atoms with Gasteiger partial charge in [0, 0.05) is 25.6 Å². The van der Waals surface area contributed by atoms with Crippen LogP contribution in [-0.4, -0.2) is 59.5 Å². The molecule has 0 aromatic carbocycles. The van der Waals surface area contributed by atoms with Crippen molar-refractivity contribution in [2.75, 3.05) is 38.0 Å². The Morgan fingerprint density at radius 3 is 2.57 bits per heavy atom. The molecule has 7 heteroatoms. The summed E-state index contributed by atoms with van der Waals surface area (Å²) >= 11 is 0. The van der Waals surface area contributed by atoms with Crippen molar-refractivity contribution in [2.24, 2.45) is 0 Å². The fourth-order valence-electron chi connectivity index (χ4n) is 3.56. The molecule has 1 aliphatic heterocycles. The van der Waals surface area contributed by atoms with Crippen LogP contribution in [0.15, 0.2) is 10.6 Å². The second-order valence-electron chi connectivity index (χ2n) is 7.75. The molecule has 1 aromatic heterocycles. The van der Waals surface area contributed by atoms with E-state index in [1.807, 2.05) is 0 Å². The first-order valence-electron chi connectivity index (χ1n) is 10.8. The number of carbonyl (C=O) groups is 2. The molecule has 0 bridgehead atoms. The SMILES string of the molecule is CCCCCCCCC(=O)N(CCN1CCCC1)CC(=O)Nc1cc(C)on1. The van der Waals surface area contributed by atoms with Crippen molar-refractivity contribution < 1.29 is 14.1 Å². The fraction of sp³-hybridized carbons (Fsp3) is 0.762. The van der Waals surface area contributed by atoms with E-state index in [4.69, 9.17) is 4.52 Å². The van der Waals surface area contributed by atoms with Crippen molar-refractivity contribution in [2.45, 2.75) is 71.6 Å². The maximum Gasteiger partial charge on any atom is 0.245 e. The molecule has 28 heavy (non-hydrogen) atoms. The molecule has 0 spiro atoms. The lowest BCUT2D eigenvalue weighted by Gasteiger charge is -2.25. The lowest BCUT2D eigenvalue weighted by Crippen LogP contribution is -2.42. The molecule has 158 valence electrons. The lowest BCUT2D eigenvalue weighted by molar-refractivity contribution is -0.135. The van der Waals surface area contributed by atoms with E-state index in [0.29, 0.717) is 24.5 Å². The number of nitrogens with zero attached hydrogens (tertiary/aromatic N) is 3. The van der Waals surface area contributed by atoms with Gasteiger partial charge in [-0.2, -0.15) is 0 Å². The van der Waals surface area contributed by atoms with E-state index < -0.39 is 0 Å². The van der Waals surface area contributed by atoms with E-state index in [-0.39, 0.29) is 18.4 Å². The predicted octanol–water partition coefficient (Wildman–Crippen LogP) is 3.60. The summed E-state index contributed by atoms with van der Waals surface area (Å²) in [6.07, 6.45) is 9.84. The number of anilines is 1. The molecule has 2 amide bonds. The monoisotopic (exact) mass is 392 g/mol. The summed E-state index contributed by atoms with van der Waals surface area (Å²) in [5.74, 6) is 0.873. The highest BCUT2D eigenvalue weighted by molar-refractivity contribution is 5.93. The molecule has 0 unspecified atom stereocenters. The minimum Gasteiger partial charge on any atom is -0.360 e. The molecule has 2 rings (SSSR count). The van der Waals surface area contributed by atoms with E-state index in [0.717, 1.165) is 32.5 Å². The maximum absolute atomic E-state index is 12.7. The predicted molar refractivity (Wildman–Crippen MR) is 110 cm³/mol.